The first-order chi connectivity index (χ1) is 11.6. The second kappa shape index (κ2) is 7.23. The number of hydrogen-bond donors (Lipinski definition) is 2. The Balaban J connectivity index is 1.66. The summed E-state index contributed by atoms with van der Waals surface area (Å²) in [5, 5.41) is 3.21. The van der Waals surface area contributed by atoms with Crippen LogP contribution >= 0.6 is 11.3 Å². The summed E-state index contributed by atoms with van der Waals surface area (Å²) in [6.07, 6.45) is 3.76. The summed E-state index contributed by atoms with van der Waals surface area (Å²) in [6, 6.07) is 11.4. The van der Waals surface area contributed by atoms with Crippen LogP contribution in [0.2, 0.25) is 0 Å². The molecule has 0 unspecified atom stereocenters. The van der Waals surface area contributed by atoms with Gasteiger partial charge in [-0.15, -0.1) is 11.3 Å². The zero-order valence-corrected chi connectivity index (χ0v) is 14.1. The van der Waals surface area contributed by atoms with E-state index in [-0.39, 0.29) is 5.78 Å². The van der Waals surface area contributed by atoms with Crippen LogP contribution in [0.1, 0.15) is 25.8 Å². The van der Waals surface area contributed by atoms with Gasteiger partial charge in [-0.25, -0.2) is 4.98 Å². The van der Waals surface area contributed by atoms with E-state index in [1.54, 1.807) is 12.4 Å². The third kappa shape index (κ3) is 3.97. The summed E-state index contributed by atoms with van der Waals surface area (Å²) in [5.74, 6) is 0.589. The zero-order chi connectivity index (χ0) is 16.9. The highest BCUT2D eigenvalue weighted by Gasteiger charge is 2.10. The largest absolute Gasteiger partial charge is 0.382 e. The quantitative estimate of drug-likeness (QED) is 0.673. The van der Waals surface area contributed by atoms with Crippen LogP contribution in [0.25, 0.3) is 0 Å². The van der Waals surface area contributed by atoms with Crippen LogP contribution in [0, 0.1) is 6.92 Å². The van der Waals surface area contributed by atoms with E-state index >= 15 is 0 Å². The molecule has 0 atom stereocenters. The molecule has 0 fully saturated rings. The molecule has 0 aliphatic heterocycles. The first kappa shape index (κ1) is 16.1. The van der Waals surface area contributed by atoms with Crippen molar-refractivity contribution in [1.29, 1.82) is 0 Å². The normalized spacial score (nSPS) is 10.5. The van der Waals surface area contributed by atoms with Crippen molar-refractivity contribution in [3.05, 3.63) is 69.8 Å². The fraction of sp³-hybridized carbons (Fsp3) is 0.167. The number of carbonyl (C=O) groups excluding carboxylic acids is 1. The van der Waals surface area contributed by atoms with Gasteiger partial charge in [0, 0.05) is 23.7 Å². The number of nitrogens with one attached hydrogen (secondary N) is 1. The van der Waals surface area contributed by atoms with Gasteiger partial charge in [0.05, 0.1) is 22.8 Å². The average molecular weight is 338 g/mol. The maximum Gasteiger partial charge on any atom is 0.177 e. The lowest BCUT2D eigenvalue weighted by Gasteiger charge is -2.08. The van der Waals surface area contributed by atoms with Crippen LogP contribution in [-0.2, 0) is 13.0 Å². The third-order valence-corrected chi connectivity index (χ3v) is 4.60. The second-order valence-corrected chi connectivity index (χ2v) is 6.74. The lowest BCUT2D eigenvalue weighted by molar-refractivity contribution is 0.0997. The van der Waals surface area contributed by atoms with E-state index in [2.05, 4.69) is 15.3 Å². The van der Waals surface area contributed by atoms with E-state index in [4.69, 9.17) is 5.73 Å². The van der Waals surface area contributed by atoms with Crippen molar-refractivity contribution in [3.63, 3.8) is 0 Å². The molecule has 122 valence electrons. The highest BCUT2D eigenvalue weighted by Crippen LogP contribution is 2.18. The fourth-order valence-corrected chi connectivity index (χ4v) is 3.15. The zero-order valence-electron chi connectivity index (χ0n) is 13.3. The Morgan fingerprint density at radius 1 is 1.21 bits per heavy atom. The maximum atomic E-state index is 12.3. The van der Waals surface area contributed by atoms with Gasteiger partial charge < -0.3 is 11.1 Å². The highest BCUT2D eigenvalue weighted by atomic mass is 32.1. The van der Waals surface area contributed by atoms with Crippen LogP contribution in [0.4, 0.5) is 11.5 Å². The number of rotatable bonds is 6. The number of anilines is 2. The predicted octanol–water partition coefficient (Wildman–Crippen LogP) is 3.47. The van der Waals surface area contributed by atoms with Crippen LogP contribution in [-0.4, -0.2) is 15.8 Å². The van der Waals surface area contributed by atoms with Crippen molar-refractivity contribution in [3.8, 4) is 0 Å². The van der Waals surface area contributed by atoms with E-state index < -0.39 is 0 Å². The molecule has 5 nitrogen and oxygen atoms in total. The number of nitrogens with zero attached hydrogens (tertiary/aromatic N) is 2. The van der Waals surface area contributed by atoms with Crippen molar-refractivity contribution in [1.82, 2.24) is 9.97 Å². The first-order valence-electron chi connectivity index (χ1n) is 7.59. The van der Waals surface area contributed by atoms with Crippen molar-refractivity contribution in [2.75, 3.05) is 11.1 Å². The SMILES string of the molecule is Cc1ccc(C(=O)Cc2ccnc(CNc3cccnc3N)c2)s1. The van der Waals surface area contributed by atoms with Crippen molar-refractivity contribution < 1.29 is 4.79 Å². The van der Waals surface area contributed by atoms with Gasteiger partial charge in [-0.2, -0.15) is 0 Å². The molecule has 0 bridgehead atoms. The molecular formula is C18H18N4OS. The number of carbonyl (C=O) groups is 1. The van der Waals surface area contributed by atoms with Gasteiger partial charge in [-0.1, -0.05) is 0 Å². The molecule has 3 N–H and O–H groups in total. The number of ketones is 1. The highest BCUT2D eigenvalue weighted by molar-refractivity contribution is 7.14. The Labute approximate surface area is 144 Å². The van der Waals surface area contributed by atoms with E-state index in [9.17, 15) is 4.79 Å². The summed E-state index contributed by atoms with van der Waals surface area (Å²) in [4.78, 5) is 22.6. The Kier molecular flexibility index (Phi) is 4.86. The summed E-state index contributed by atoms with van der Waals surface area (Å²) in [6.45, 7) is 2.53. The van der Waals surface area contributed by atoms with E-state index in [1.807, 2.05) is 43.3 Å². The molecule has 24 heavy (non-hydrogen) atoms. The van der Waals surface area contributed by atoms with Gasteiger partial charge in [-0.3, -0.25) is 9.78 Å². The topological polar surface area (TPSA) is 80.9 Å². The van der Waals surface area contributed by atoms with Gasteiger partial charge >= 0.3 is 0 Å². The summed E-state index contributed by atoms with van der Waals surface area (Å²) in [7, 11) is 0. The molecule has 3 aromatic rings. The standard InChI is InChI=1S/C18H18N4OS/c1-12-4-5-17(24-12)16(23)10-13-6-8-20-14(9-13)11-22-15-3-2-7-21-18(15)19/h2-9,22H,10-11H2,1H3,(H2,19,21). The van der Waals surface area contributed by atoms with E-state index in [0.717, 1.165) is 26.7 Å². The molecule has 3 heterocycles. The number of aromatic nitrogens is 2. The number of thiophene rings is 1. The fourth-order valence-electron chi connectivity index (χ4n) is 2.34. The smallest absolute Gasteiger partial charge is 0.177 e. The minimum Gasteiger partial charge on any atom is -0.382 e. The molecule has 0 aromatic carbocycles. The van der Waals surface area contributed by atoms with Gasteiger partial charge in [0.15, 0.2) is 5.78 Å². The molecule has 0 saturated heterocycles. The number of nitrogen functional groups attached to an aromatic ring is 1. The lowest BCUT2D eigenvalue weighted by atomic mass is 10.1. The van der Waals surface area contributed by atoms with Gasteiger partial charge in [0.2, 0.25) is 0 Å². The Hall–Kier alpha value is -2.73. The molecular weight excluding hydrogens is 320 g/mol. The molecule has 3 rings (SSSR count). The minimum absolute atomic E-state index is 0.134. The van der Waals surface area contributed by atoms with Crippen LogP contribution in [0.15, 0.2) is 48.8 Å². The predicted molar refractivity (Wildman–Crippen MR) is 97.3 cm³/mol. The summed E-state index contributed by atoms with van der Waals surface area (Å²) < 4.78 is 0. The van der Waals surface area contributed by atoms with Gasteiger partial charge in [0.25, 0.3) is 0 Å². The number of pyridine rings is 2. The number of nitrogens with two attached hydrogens (primary N) is 1. The molecule has 0 aliphatic rings. The van der Waals surface area contributed by atoms with Crippen LogP contribution < -0.4 is 11.1 Å². The number of aryl methyl sites for hydroxylation is 1. The second-order valence-electron chi connectivity index (χ2n) is 5.46. The van der Waals surface area contributed by atoms with Crippen LogP contribution in [0.3, 0.4) is 0 Å². The lowest BCUT2D eigenvalue weighted by Crippen LogP contribution is -2.06. The molecule has 6 heteroatoms. The first-order valence-corrected chi connectivity index (χ1v) is 8.41. The van der Waals surface area contributed by atoms with Crippen LogP contribution in [0.5, 0.6) is 0 Å². The molecule has 0 amide bonds. The number of Topliss-reactive ketones (excluding diaryl/α,β-unsaturated/α-hetero) is 1. The maximum absolute atomic E-state index is 12.3. The number of hydrogen-bond acceptors (Lipinski definition) is 6. The summed E-state index contributed by atoms with van der Waals surface area (Å²) in [5.41, 5.74) is 8.39. The summed E-state index contributed by atoms with van der Waals surface area (Å²) >= 11 is 1.53. The van der Waals surface area contributed by atoms with Crippen molar-refractivity contribution >= 4 is 28.6 Å². The monoisotopic (exact) mass is 338 g/mol. The van der Waals surface area contributed by atoms with E-state index in [1.165, 1.54) is 11.3 Å². The molecule has 0 radical (unpaired) electrons. The Morgan fingerprint density at radius 2 is 2.08 bits per heavy atom. The van der Waals surface area contributed by atoms with Crippen molar-refractivity contribution in [2.45, 2.75) is 19.9 Å². The van der Waals surface area contributed by atoms with Crippen molar-refractivity contribution in [2.24, 2.45) is 0 Å². The molecule has 3 aromatic heterocycles. The Bertz CT molecular complexity index is 859. The Morgan fingerprint density at radius 3 is 2.83 bits per heavy atom. The molecule has 0 aliphatic carbocycles. The minimum atomic E-state index is 0.134. The third-order valence-electron chi connectivity index (χ3n) is 3.56. The molecule has 0 saturated carbocycles. The van der Waals surface area contributed by atoms with Gasteiger partial charge in [0.1, 0.15) is 5.82 Å². The van der Waals surface area contributed by atoms with E-state index in [0.29, 0.717) is 18.8 Å². The average Bonchev–Trinajstić information content (AvgIpc) is 3.01. The molecule has 0 spiro atoms. The van der Waals surface area contributed by atoms with Gasteiger partial charge in [-0.05, 0) is 48.9 Å².